The van der Waals surface area contributed by atoms with E-state index in [4.69, 9.17) is 4.74 Å². The van der Waals surface area contributed by atoms with E-state index in [-0.39, 0.29) is 24.7 Å². The van der Waals surface area contributed by atoms with Crippen LogP contribution in [0.25, 0.3) is 6.08 Å². The van der Waals surface area contributed by atoms with Gasteiger partial charge in [0.25, 0.3) is 5.91 Å². The number of amides is 5. The molecule has 6 N–H and O–H groups in total. The number of esters is 1. The number of aliphatic hydroxyl groups is 1. The Balaban J connectivity index is 1.53. The number of hydrogen-bond donors (Lipinski definition) is 6. The molecule has 5 atom stereocenters. The molecule has 1 saturated carbocycles. The van der Waals surface area contributed by atoms with Gasteiger partial charge in [0.2, 0.25) is 23.6 Å². The van der Waals surface area contributed by atoms with E-state index in [0.29, 0.717) is 24.8 Å². The number of rotatable bonds is 14. The highest BCUT2D eigenvalue weighted by Crippen LogP contribution is 2.27. The molecule has 1 aliphatic heterocycles. The highest BCUT2D eigenvalue weighted by Gasteiger charge is 2.36. The molecule has 13 nitrogen and oxygen atoms in total. The number of benzene rings is 2. The summed E-state index contributed by atoms with van der Waals surface area (Å²) in [6, 6.07) is 12.2. The molecular formula is C47H67N5O8. The monoisotopic (exact) mass is 829 g/mol. The number of hydrogen-bond acceptors (Lipinski definition) is 8. The van der Waals surface area contributed by atoms with Crippen LogP contribution in [-0.2, 0) is 39.9 Å². The second kappa shape index (κ2) is 24.3. The topological polar surface area (TPSA) is 192 Å². The predicted molar refractivity (Wildman–Crippen MR) is 231 cm³/mol. The third-order valence-electron chi connectivity index (χ3n) is 10.9. The van der Waals surface area contributed by atoms with Gasteiger partial charge in [-0.1, -0.05) is 119 Å². The molecule has 0 aromatic heterocycles. The van der Waals surface area contributed by atoms with Crippen LogP contribution >= 0.6 is 0 Å². The molecule has 1 fully saturated rings. The number of fused-ring (bicyclic) bond motifs is 2. The van der Waals surface area contributed by atoms with Gasteiger partial charge < -0.3 is 36.4 Å². The van der Waals surface area contributed by atoms with Crippen molar-refractivity contribution in [3.63, 3.8) is 0 Å². The number of carbonyl (C=O) groups excluding carboxylic acids is 6. The van der Waals surface area contributed by atoms with Crippen LogP contribution in [0.2, 0.25) is 0 Å². The first kappa shape index (κ1) is 47.6. The summed E-state index contributed by atoms with van der Waals surface area (Å²) in [4.78, 5) is 81.5. The second-order valence-electron chi connectivity index (χ2n) is 17.2. The van der Waals surface area contributed by atoms with Crippen LogP contribution in [0, 0.1) is 5.92 Å². The summed E-state index contributed by atoms with van der Waals surface area (Å²) in [6.07, 6.45) is 13.2. The van der Waals surface area contributed by atoms with Crippen LogP contribution in [-0.4, -0.2) is 77.0 Å². The summed E-state index contributed by atoms with van der Waals surface area (Å²) >= 11 is 0. The molecule has 4 unspecified atom stereocenters. The zero-order valence-electron chi connectivity index (χ0n) is 35.9. The van der Waals surface area contributed by atoms with E-state index in [0.717, 1.165) is 75.3 Å². The Morgan fingerprint density at radius 1 is 0.883 bits per heavy atom. The van der Waals surface area contributed by atoms with Gasteiger partial charge in [-0.05, 0) is 81.9 Å². The molecule has 0 spiro atoms. The molecule has 2 aromatic carbocycles. The average molecular weight is 830 g/mol. The summed E-state index contributed by atoms with van der Waals surface area (Å²) in [5.74, 6) is -3.55. The molecule has 1 heterocycles. The molecule has 4 rings (SSSR count). The van der Waals surface area contributed by atoms with Gasteiger partial charge in [-0.3, -0.25) is 24.0 Å². The molecule has 2 aliphatic rings. The Bertz CT molecular complexity index is 1750. The van der Waals surface area contributed by atoms with Crippen LogP contribution < -0.4 is 26.6 Å². The maximum atomic E-state index is 14.3. The highest BCUT2D eigenvalue weighted by atomic mass is 16.6. The minimum atomic E-state index is -1.75. The molecule has 0 saturated heterocycles. The Hall–Kier alpha value is -5.04. The maximum absolute atomic E-state index is 14.3. The van der Waals surface area contributed by atoms with E-state index in [1.165, 1.54) is 0 Å². The first-order valence-electron chi connectivity index (χ1n) is 21.9. The summed E-state index contributed by atoms with van der Waals surface area (Å²) < 4.78 is 5.54. The summed E-state index contributed by atoms with van der Waals surface area (Å²) in [5, 5.41) is 25.4. The minimum Gasteiger partial charge on any atom is -0.458 e. The van der Waals surface area contributed by atoms with Crippen molar-refractivity contribution in [2.45, 2.75) is 160 Å². The third-order valence-corrected chi connectivity index (χ3v) is 10.9. The summed E-state index contributed by atoms with van der Waals surface area (Å²) in [7, 11) is 0. The van der Waals surface area contributed by atoms with E-state index < -0.39 is 72.0 Å². The lowest BCUT2D eigenvalue weighted by Crippen LogP contribution is -2.59. The second-order valence-corrected chi connectivity index (χ2v) is 17.2. The van der Waals surface area contributed by atoms with E-state index in [1.807, 2.05) is 37.3 Å². The predicted octanol–water partition coefficient (Wildman–Crippen LogP) is 5.50. The average Bonchev–Trinajstić information content (AvgIpc) is 3.22. The van der Waals surface area contributed by atoms with E-state index in [9.17, 15) is 33.9 Å². The van der Waals surface area contributed by atoms with E-state index in [2.05, 4.69) is 32.7 Å². The quantitative estimate of drug-likeness (QED) is 0.106. The van der Waals surface area contributed by atoms with Crippen LogP contribution in [0.1, 0.15) is 140 Å². The number of carbonyl (C=O) groups is 6. The molecular weight excluding hydrogens is 763 g/mol. The van der Waals surface area contributed by atoms with Crippen LogP contribution in [0.15, 0.2) is 60.7 Å². The number of unbranched alkanes of at least 4 members (excludes halogenated alkanes) is 2. The first-order valence-corrected chi connectivity index (χ1v) is 21.9. The van der Waals surface area contributed by atoms with Gasteiger partial charge in [0.15, 0.2) is 12.1 Å². The third kappa shape index (κ3) is 16.2. The van der Waals surface area contributed by atoms with Crippen molar-refractivity contribution in [1.29, 1.82) is 0 Å². The lowest BCUT2D eigenvalue weighted by atomic mass is 9.83. The van der Waals surface area contributed by atoms with Crippen molar-refractivity contribution in [2.24, 2.45) is 5.92 Å². The van der Waals surface area contributed by atoms with E-state index in [1.54, 1.807) is 51.1 Å². The molecule has 2 bridgehead atoms. The van der Waals surface area contributed by atoms with Gasteiger partial charge in [0, 0.05) is 12.8 Å². The largest absolute Gasteiger partial charge is 0.458 e. The standard InChI is InChI=1S/C47H67N5O8/c1-5-6-12-27-36(42(55)45(58)48-31-39(54)52-41(35-25-16-11-17-26-35)46(59)60-47(2,3)4)49-43(56)37-30-33-22-19-21-32(29-33)20-13-8-7-9-18-28-38(53)51-40(44(57)50-37)34-23-14-10-15-24-34/h11,13,16-17,19-22,25-26,29,34,36-37,40-42,55H,5-10,12,14-15,18,23-24,27-28,30-31H2,1-4H3,(H,48,58)(H,49,56)(H,50,57)(H,51,53)(H,52,54)/b20-13-/t36?,37?,40-,41?,42?/m0/s1. The van der Waals surface area contributed by atoms with Crippen molar-refractivity contribution < 1.29 is 38.6 Å². The molecule has 328 valence electrons. The number of ether oxygens (including phenoxy) is 1. The van der Waals surface area contributed by atoms with Crippen molar-refractivity contribution in [2.75, 3.05) is 6.54 Å². The van der Waals surface area contributed by atoms with Gasteiger partial charge >= 0.3 is 5.97 Å². The van der Waals surface area contributed by atoms with Crippen LogP contribution in [0.4, 0.5) is 0 Å². The maximum Gasteiger partial charge on any atom is 0.333 e. The lowest BCUT2D eigenvalue weighted by Gasteiger charge is -2.32. The van der Waals surface area contributed by atoms with Gasteiger partial charge in [-0.15, -0.1) is 0 Å². The fraction of sp³-hybridized carbons (Fsp3) is 0.574. The molecule has 0 radical (unpaired) electrons. The number of aliphatic hydroxyl groups excluding tert-OH is 1. The van der Waals surface area contributed by atoms with Crippen LogP contribution in [0.5, 0.6) is 0 Å². The Labute approximate surface area is 355 Å². The van der Waals surface area contributed by atoms with Crippen molar-refractivity contribution in [3.8, 4) is 0 Å². The number of nitrogens with one attached hydrogen (secondary N) is 5. The van der Waals surface area contributed by atoms with Crippen molar-refractivity contribution in [1.82, 2.24) is 26.6 Å². The van der Waals surface area contributed by atoms with Gasteiger partial charge in [-0.25, -0.2) is 4.79 Å². The summed E-state index contributed by atoms with van der Waals surface area (Å²) in [6.45, 7) is 6.60. The smallest absolute Gasteiger partial charge is 0.333 e. The van der Waals surface area contributed by atoms with Crippen molar-refractivity contribution in [3.05, 3.63) is 77.4 Å². The SMILES string of the molecule is CCCCCC(NC(=O)C1Cc2cccc(c2)/C=C\CCCCCC(=O)N[C@@H](C2CCCCC2)C(=O)N1)C(O)C(=O)NCC(=O)NC(C(=O)OC(C)(C)C)c1ccccc1. The molecule has 1 aliphatic carbocycles. The first-order chi connectivity index (χ1) is 28.7. The van der Waals surface area contributed by atoms with E-state index >= 15 is 0 Å². The molecule has 5 amide bonds. The fourth-order valence-electron chi connectivity index (χ4n) is 7.74. The van der Waals surface area contributed by atoms with Gasteiger partial charge in [0.05, 0.1) is 12.6 Å². The minimum absolute atomic E-state index is 0.0716. The Morgan fingerprint density at radius 3 is 2.33 bits per heavy atom. The van der Waals surface area contributed by atoms with Crippen molar-refractivity contribution >= 4 is 41.6 Å². The van der Waals surface area contributed by atoms with Gasteiger partial charge in [-0.2, -0.15) is 0 Å². The molecule has 2 aromatic rings. The van der Waals surface area contributed by atoms with Crippen LogP contribution in [0.3, 0.4) is 0 Å². The zero-order valence-corrected chi connectivity index (χ0v) is 35.9. The number of allylic oxidation sites excluding steroid dienone is 1. The fourth-order valence-corrected chi connectivity index (χ4v) is 7.74. The Morgan fingerprint density at radius 2 is 1.62 bits per heavy atom. The highest BCUT2D eigenvalue weighted by molar-refractivity contribution is 5.93. The summed E-state index contributed by atoms with van der Waals surface area (Å²) in [5.41, 5.74) is 1.43. The lowest BCUT2D eigenvalue weighted by molar-refractivity contribution is -0.158. The molecule has 60 heavy (non-hydrogen) atoms. The normalized spacial score (nSPS) is 20.5. The molecule has 13 heteroatoms. The zero-order chi connectivity index (χ0) is 43.5. The van der Waals surface area contributed by atoms with Gasteiger partial charge in [0.1, 0.15) is 17.7 Å². The Kier molecular flexibility index (Phi) is 19.3.